The van der Waals surface area contributed by atoms with E-state index >= 15 is 0 Å². The summed E-state index contributed by atoms with van der Waals surface area (Å²) in [4.78, 5) is 16.2. The molecule has 0 amide bonds. The van der Waals surface area contributed by atoms with Crippen LogP contribution in [0.4, 0.5) is 18.9 Å². The fourth-order valence-electron chi connectivity index (χ4n) is 3.61. The van der Waals surface area contributed by atoms with Crippen molar-refractivity contribution in [1.29, 1.82) is 0 Å². The summed E-state index contributed by atoms with van der Waals surface area (Å²) in [7, 11) is 2.87. The maximum absolute atomic E-state index is 14.0. The molecule has 1 atom stereocenters. The van der Waals surface area contributed by atoms with Gasteiger partial charge in [-0.2, -0.15) is 18.3 Å². The topological polar surface area (TPSA) is 76.7 Å². The number of halogens is 4. The number of methoxy groups -OCH3 is 1. The van der Waals surface area contributed by atoms with E-state index in [9.17, 15) is 23.1 Å². The molecule has 176 valence electrons. The van der Waals surface area contributed by atoms with Gasteiger partial charge in [-0.25, -0.2) is 4.68 Å². The zero-order valence-corrected chi connectivity index (χ0v) is 19.2. The van der Waals surface area contributed by atoms with Crippen LogP contribution in [0.2, 0.25) is 5.02 Å². The van der Waals surface area contributed by atoms with E-state index in [4.69, 9.17) is 16.3 Å². The lowest BCUT2D eigenvalue weighted by Gasteiger charge is -2.35. The summed E-state index contributed by atoms with van der Waals surface area (Å²) in [6.07, 6.45) is -3.90. The molecule has 3 rings (SSSR count). The monoisotopic (exact) mass is 481 g/mol. The van der Waals surface area contributed by atoms with Crippen LogP contribution in [0.1, 0.15) is 25.8 Å². The number of nitrogens with zero attached hydrogens (tertiary/aromatic N) is 3. The van der Waals surface area contributed by atoms with Crippen LogP contribution in [0.3, 0.4) is 0 Å². The van der Waals surface area contributed by atoms with Gasteiger partial charge in [-0.15, -0.1) is 0 Å². The second kappa shape index (κ2) is 8.79. The third kappa shape index (κ3) is 4.89. The quantitative estimate of drug-likeness (QED) is 0.505. The van der Waals surface area contributed by atoms with Crippen LogP contribution in [0.5, 0.6) is 5.75 Å². The Morgan fingerprint density at radius 3 is 2.55 bits per heavy atom. The Morgan fingerprint density at radius 2 is 1.91 bits per heavy atom. The van der Waals surface area contributed by atoms with Crippen LogP contribution in [0.15, 0.2) is 52.4 Å². The van der Waals surface area contributed by atoms with Crippen LogP contribution in [0, 0.1) is 0 Å². The average Bonchev–Trinajstić information content (AvgIpc) is 2.74. The molecule has 0 bridgehead atoms. The van der Waals surface area contributed by atoms with Crippen molar-refractivity contribution in [2.75, 3.05) is 7.11 Å². The normalized spacial score (nSPS) is 14.6. The smallest absolute Gasteiger partial charge is 0.422 e. The van der Waals surface area contributed by atoms with Crippen molar-refractivity contribution in [2.45, 2.75) is 37.5 Å². The van der Waals surface area contributed by atoms with E-state index in [1.54, 1.807) is 26.0 Å². The molecule has 2 aromatic carbocycles. The first-order valence-electron chi connectivity index (χ1n) is 9.92. The van der Waals surface area contributed by atoms with E-state index in [0.29, 0.717) is 22.6 Å². The Morgan fingerprint density at radius 1 is 1.21 bits per heavy atom. The molecule has 0 spiro atoms. The van der Waals surface area contributed by atoms with Gasteiger partial charge >= 0.3 is 6.18 Å². The molecular formula is C23H23ClF3N3O3. The second-order valence-corrected chi connectivity index (χ2v) is 8.81. The fraction of sp³-hybridized carbons (Fsp3) is 0.348. The third-order valence-electron chi connectivity index (χ3n) is 5.52. The van der Waals surface area contributed by atoms with Gasteiger partial charge in [0.15, 0.2) is 5.60 Å². The number of alkyl halides is 3. The lowest BCUT2D eigenvalue weighted by molar-refractivity contribution is -0.234. The van der Waals surface area contributed by atoms with E-state index in [1.165, 1.54) is 44.6 Å². The number of aliphatic imine (C=N–C) groups is 1. The van der Waals surface area contributed by atoms with Crippen molar-refractivity contribution in [3.8, 4) is 5.75 Å². The number of benzene rings is 2. The number of fused-ring (bicyclic) bond motifs is 1. The largest absolute Gasteiger partial charge is 0.495 e. The van der Waals surface area contributed by atoms with Crippen molar-refractivity contribution < 1.29 is 23.0 Å². The van der Waals surface area contributed by atoms with Gasteiger partial charge in [-0.3, -0.25) is 9.79 Å². The lowest BCUT2D eigenvalue weighted by Crippen LogP contribution is -2.50. The van der Waals surface area contributed by atoms with Crippen LogP contribution in [-0.4, -0.2) is 40.0 Å². The molecule has 1 unspecified atom stereocenters. The highest BCUT2D eigenvalue weighted by Crippen LogP contribution is 2.42. The molecule has 10 heteroatoms. The van der Waals surface area contributed by atoms with Crippen molar-refractivity contribution in [3.63, 3.8) is 0 Å². The summed E-state index contributed by atoms with van der Waals surface area (Å²) in [5.41, 5.74) is -4.21. The lowest BCUT2D eigenvalue weighted by atomic mass is 9.75. The standard InChI is InChI=1S/C23H23ClF3N3O3/c1-21(2,14-8-9-17(24)19(10-14)33-4)12-22(32,23(25,26)27)13-28-18-7-5-6-15-16(18)11-29-30(3)20(15)31/h5-11,13,32H,12H2,1-4H3/b28-13+. The maximum atomic E-state index is 14.0. The number of rotatable bonds is 6. The van der Waals surface area contributed by atoms with Crippen molar-refractivity contribution in [1.82, 2.24) is 9.78 Å². The molecule has 1 aromatic heterocycles. The van der Waals surface area contributed by atoms with Crippen molar-refractivity contribution in [3.05, 3.63) is 63.5 Å². The van der Waals surface area contributed by atoms with Crippen LogP contribution < -0.4 is 10.3 Å². The molecule has 0 radical (unpaired) electrons. The molecule has 6 nitrogen and oxygen atoms in total. The fourth-order valence-corrected chi connectivity index (χ4v) is 3.81. The molecule has 1 N–H and O–H groups in total. The summed E-state index contributed by atoms with van der Waals surface area (Å²) in [5, 5.41) is 15.5. The summed E-state index contributed by atoms with van der Waals surface area (Å²) in [5.74, 6) is 0.316. The molecule has 0 saturated heterocycles. The number of ether oxygens (including phenoxy) is 1. The first-order chi connectivity index (χ1) is 15.3. The number of hydrogen-bond donors (Lipinski definition) is 1. The SMILES string of the molecule is COc1cc(C(C)(C)CC(O)(/C=N/c2cccc3c(=O)n(C)ncc23)C(F)(F)F)ccc1Cl. The predicted molar refractivity (Wildman–Crippen MR) is 122 cm³/mol. The minimum atomic E-state index is -5.01. The molecule has 0 fully saturated rings. The van der Waals surface area contributed by atoms with E-state index in [1.807, 2.05) is 0 Å². The maximum Gasteiger partial charge on any atom is 0.422 e. The van der Waals surface area contributed by atoms with Gasteiger partial charge in [0.2, 0.25) is 0 Å². The number of hydrogen-bond acceptors (Lipinski definition) is 5. The Hall–Kier alpha value is -2.91. The number of aromatic nitrogens is 2. The Balaban J connectivity index is 2.04. The average molecular weight is 482 g/mol. The summed E-state index contributed by atoms with van der Waals surface area (Å²) in [6, 6.07) is 9.15. The first-order valence-corrected chi connectivity index (χ1v) is 10.3. The van der Waals surface area contributed by atoms with E-state index in [-0.39, 0.29) is 16.5 Å². The molecule has 3 aromatic rings. The van der Waals surface area contributed by atoms with Gasteiger partial charge in [-0.1, -0.05) is 37.6 Å². The molecule has 0 aliphatic carbocycles. The van der Waals surface area contributed by atoms with Crippen LogP contribution in [0.25, 0.3) is 10.8 Å². The summed E-state index contributed by atoms with van der Waals surface area (Å²) < 4.78 is 48.4. The van der Waals surface area contributed by atoms with Crippen molar-refractivity contribution >= 4 is 34.3 Å². The van der Waals surface area contributed by atoms with Gasteiger partial charge in [0, 0.05) is 18.6 Å². The minimum absolute atomic E-state index is 0.0892. The molecular weight excluding hydrogens is 459 g/mol. The van der Waals surface area contributed by atoms with Gasteiger partial charge in [0.1, 0.15) is 5.75 Å². The van der Waals surface area contributed by atoms with Gasteiger partial charge in [-0.05, 0) is 41.7 Å². The molecule has 0 aliphatic rings. The van der Waals surface area contributed by atoms with E-state index < -0.39 is 29.2 Å². The number of aryl methyl sites for hydroxylation is 1. The van der Waals surface area contributed by atoms with Gasteiger partial charge in [0.05, 0.1) is 29.4 Å². The second-order valence-electron chi connectivity index (χ2n) is 8.40. The summed E-state index contributed by atoms with van der Waals surface area (Å²) >= 11 is 6.03. The highest BCUT2D eigenvalue weighted by atomic mass is 35.5. The molecule has 0 aliphatic heterocycles. The highest BCUT2D eigenvalue weighted by molar-refractivity contribution is 6.32. The number of aliphatic hydroxyl groups is 1. The Bertz CT molecular complexity index is 1270. The Kier molecular flexibility index (Phi) is 6.59. The van der Waals surface area contributed by atoms with Crippen LogP contribution >= 0.6 is 11.6 Å². The highest BCUT2D eigenvalue weighted by Gasteiger charge is 2.55. The van der Waals surface area contributed by atoms with Crippen molar-refractivity contribution in [2.24, 2.45) is 12.0 Å². The summed E-state index contributed by atoms with van der Waals surface area (Å²) in [6.45, 7) is 3.15. The van der Waals surface area contributed by atoms with Crippen LogP contribution in [-0.2, 0) is 12.5 Å². The molecule has 33 heavy (non-hydrogen) atoms. The molecule has 0 saturated carbocycles. The minimum Gasteiger partial charge on any atom is -0.495 e. The predicted octanol–water partition coefficient (Wildman–Crippen LogP) is 4.96. The Labute approximate surface area is 193 Å². The van der Waals surface area contributed by atoms with Gasteiger partial charge < -0.3 is 9.84 Å². The zero-order chi connectivity index (χ0) is 24.6. The van der Waals surface area contributed by atoms with E-state index in [0.717, 1.165) is 4.68 Å². The van der Waals surface area contributed by atoms with Gasteiger partial charge in [0.25, 0.3) is 5.56 Å². The first kappa shape index (κ1) is 24.7. The molecule has 1 heterocycles. The van der Waals surface area contributed by atoms with E-state index in [2.05, 4.69) is 10.1 Å². The zero-order valence-electron chi connectivity index (χ0n) is 18.4. The third-order valence-corrected chi connectivity index (χ3v) is 5.83.